The molecule has 0 aliphatic heterocycles. The summed E-state index contributed by atoms with van der Waals surface area (Å²) in [6, 6.07) is 7.24. The number of ketones is 1. The van der Waals surface area contributed by atoms with Gasteiger partial charge in [0.15, 0.2) is 0 Å². The third kappa shape index (κ3) is 3.49. The quantitative estimate of drug-likeness (QED) is 0.854. The van der Waals surface area contributed by atoms with Gasteiger partial charge >= 0.3 is 5.97 Å². The summed E-state index contributed by atoms with van der Waals surface area (Å²) in [4.78, 5) is 25.8. The lowest BCUT2D eigenvalue weighted by Gasteiger charge is -1.91. The van der Waals surface area contributed by atoms with Gasteiger partial charge in [-0.05, 0) is 5.56 Å². The topological polar surface area (TPSA) is 76.0 Å². The molecule has 5 heteroatoms. The standard InChI is InChI=1S/C11H9NO3.C2H6O/c13-10(14)6-12-9-5-7-3-1-2-4-8(7)11(9)15;1-3-2/h1-4H,5-6H2,(H,13,14);1-2H3. The molecular formula is C13H15NO4. The summed E-state index contributed by atoms with van der Waals surface area (Å²) in [6.07, 6.45) is 0.447. The SMILES string of the molecule is COC.O=C(O)CN=C1Cc2ccccc2C1=O. The van der Waals surface area contributed by atoms with Crippen molar-refractivity contribution in [2.24, 2.45) is 4.99 Å². The molecule has 5 nitrogen and oxygen atoms in total. The Labute approximate surface area is 105 Å². The number of carbonyl (C=O) groups excluding carboxylic acids is 1. The van der Waals surface area contributed by atoms with Gasteiger partial charge in [0.1, 0.15) is 6.54 Å². The largest absolute Gasteiger partial charge is 0.480 e. The Hall–Kier alpha value is -2.01. The fraction of sp³-hybridized carbons (Fsp3) is 0.308. The molecule has 0 fully saturated rings. The van der Waals surface area contributed by atoms with Crippen molar-refractivity contribution in [1.29, 1.82) is 0 Å². The van der Waals surface area contributed by atoms with Gasteiger partial charge in [-0.3, -0.25) is 14.6 Å². The predicted octanol–water partition coefficient (Wildman–Crippen LogP) is 1.21. The summed E-state index contributed by atoms with van der Waals surface area (Å²) in [5, 5.41) is 8.46. The number of methoxy groups -OCH3 is 1. The Bertz CT molecular complexity index is 480. The van der Waals surface area contributed by atoms with Crippen LogP contribution in [0.2, 0.25) is 0 Å². The molecule has 0 heterocycles. The van der Waals surface area contributed by atoms with Crippen molar-refractivity contribution in [3.63, 3.8) is 0 Å². The average Bonchev–Trinajstić information content (AvgIpc) is 2.65. The summed E-state index contributed by atoms with van der Waals surface area (Å²) < 4.78 is 4.25. The summed E-state index contributed by atoms with van der Waals surface area (Å²) in [7, 11) is 3.25. The maximum Gasteiger partial charge on any atom is 0.325 e. The van der Waals surface area contributed by atoms with Gasteiger partial charge in [-0.25, -0.2) is 0 Å². The van der Waals surface area contributed by atoms with Crippen molar-refractivity contribution in [2.45, 2.75) is 6.42 Å². The molecule has 0 unspecified atom stereocenters. The minimum atomic E-state index is -1.02. The number of aliphatic carboxylic acids is 1. The molecule has 0 bridgehead atoms. The van der Waals surface area contributed by atoms with E-state index in [1.807, 2.05) is 12.1 Å². The zero-order chi connectivity index (χ0) is 13.5. The van der Waals surface area contributed by atoms with E-state index < -0.39 is 5.97 Å². The smallest absolute Gasteiger partial charge is 0.325 e. The highest BCUT2D eigenvalue weighted by atomic mass is 16.4. The second kappa shape index (κ2) is 6.66. The maximum absolute atomic E-state index is 11.7. The van der Waals surface area contributed by atoms with Crippen molar-refractivity contribution in [1.82, 2.24) is 0 Å². The summed E-state index contributed by atoms with van der Waals surface area (Å²) in [6.45, 7) is -0.338. The molecule has 2 rings (SSSR count). The molecule has 96 valence electrons. The molecular weight excluding hydrogens is 234 g/mol. The van der Waals surface area contributed by atoms with Gasteiger partial charge in [0, 0.05) is 26.2 Å². The van der Waals surface area contributed by atoms with Crippen LogP contribution in [-0.4, -0.2) is 43.3 Å². The number of Topliss-reactive ketones (excluding diaryl/α,β-unsaturated/α-hetero) is 1. The van der Waals surface area contributed by atoms with Crippen molar-refractivity contribution >= 4 is 17.5 Å². The van der Waals surface area contributed by atoms with Gasteiger partial charge < -0.3 is 9.84 Å². The molecule has 18 heavy (non-hydrogen) atoms. The maximum atomic E-state index is 11.7. The minimum Gasteiger partial charge on any atom is -0.480 e. The summed E-state index contributed by atoms with van der Waals surface area (Å²) in [5.74, 6) is -1.17. The fourth-order valence-corrected chi connectivity index (χ4v) is 1.60. The lowest BCUT2D eigenvalue weighted by molar-refractivity contribution is -0.135. The number of aliphatic imine (C=N–C) groups is 1. The van der Waals surface area contributed by atoms with Gasteiger partial charge in [-0.15, -0.1) is 0 Å². The Morgan fingerprint density at radius 3 is 2.56 bits per heavy atom. The highest BCUT2D eigenvalue weighted by molar-refractivity contribution is 6.49. The molecule has 1 aromatic rings. The third-order valence-corrected chi connectivity index (χ3v) is 2.29. The molecule has 0 aromatic heterocycles. The monoisotopic (exact) mass is 249 g/mol. The molecule has 1 aromatic carbocycles. The number of carboxylic acids is 1. The van der Waals surface area contributed by atoms with Crippen molar-refractivity contribution in [2.75, 3.05) is 20.8 Å². The van der Waals surface area contributed by atoms with Crippen LogP contribution in [0.5, 0.6) is 0 Å². The van der Waals surface area contributed by atoms with Crippen LogP contribution in [0.1, 0.15) is 15.9 Å². The van der Waals surface area contributed by atoms with E-state index in [0.29, 0.717) is 17.7 Å². The second-order valence-corrected chi connectivity index (χ2v) is 3.73. The Balaban J connectivity index is 0.000000492. The molecule has 1 aliphatic carbocycles. The lowest BCUT2D eigenvalue weighted by atomic mass is 10.1. The van der Waals surface area contributed by atoms with Crippen LogP contribution >= 0.6 is 0 Å². The number of carbonyl (C=O) groups is 2. The van der Waals surface area contributed by atoms with Gasteiger partial charge in [0.2, 0.25) is 5.78 Å². The molecule has 0 saturated heterocycles. The van der Waals surface area contributed by atoms with Crippen molar-refractivity contribution in [3.8, 4) is 0 Å². The van der Waals surface area contributed by atoms with Crippen LogP contribution in [0.25, 0.3) is 0 Å². The summed E-state index contributed by atoms with van der Waals surface area (Å²) >= 11 is 0. The first-order valence-corrected chi connectivity index (χ1v) is 5.38. The molecule has 0 amide bonds. The zero-order valence-corrected chi connectivity index (χ0v) is 10.3. The fourth-order valence-electron chi connectivity index (χ4n) is 1.60. The number of carboxylic acid groups (broad SMARTS) is 1. The molecule has 1 N–H and O–H groups in total. The Kier molecular flexibility index (Phi) is 5.20. The van der Waals surface area contributed by atoms with Gasteiger partial charge in [-0.1, -0.05) is 24.3 Å². The van der Waals surface area contributed by atoms with Crippen LogP contribution in [0.4, 0.5) is 0 Å². The van der Waals surface area contributed by atoms with E-state index in [1.54, 1.807) is 26.4 Å². The number of hydrogen-bond acceptors (Lipinski definition) is 4. The van der Waals surface area contributed by atoms with Crippen LogP contribution in [0, 0.1) is 0 Å². The minimum absolute atomic E-state index is 0.146. The first kappa shape index (κ1) is 14.1. The van der Waals surface area contributed by atoms with E-state index in [4.69, 9.17) is 5.11 Å². The predicted molar refractivity (Wildman–Crippen MR) is 67.3 cm³/mol. The number of ether oxygens (including phenoxy) is 1. The molecule has 0 atom stereocenters. The Morgan fingerprint density at radius 2 is 2.00 bits per heavy atom. The van der Waals surface area contributed by atoms with E-state index >= 15 is 0 Å². The van der Waals surface area contributed by atoms with Crippen molar-refractivity contribution in [3.05, 3.63) is 35.4 Å². The molecule has 0 saturated carbocycles. The van der Waals surface area contributed by atoms with Crippen LogP contribution in [0.15, 0.2) is 29.3 Å². The van der Waals surface area contributed by atoms with Gasteiger partial charge in [0.05, 0.1) is 5.71 Å². The zero-order valence-electron chi connectivity index (χ0n) is 10.3. The van der Waals surface area contributed by atoms with E-state index in [0.717, 1.165) is 5.56 Å². The number of hydrogen-bond donors (Lipinski definition) is 1. The number of rotatable bonds is 2. The highest BCUT2D eigenvalue weighted by Gasteiger charge is 2.25. The van der Waals surface area contributed by atoms with Gasteiger partial charge in [-0.2, -0.15) is 0 Å². The molecule has 0 spiro atoms. The number of nitrogens with zero attached hydrogens (tertiary/aromatic N) is 1. The Morgan fingerprint density at radius 1 is 1.39 bits per heavy atom. The van der Waals surface area contributed by atoms with Gasteiger partial charge in [0.25, 0.3) is 0 Å². The van der Waals surface area contributed by atoms with Crippen molar-refractivity contribution < 1.29 is 19.4 Å². The average molecular weight is 249 g/mol. The van der Waals surface area contributed by atoms with Crippen LogP contribution < -0.4 is 0 Å². The summed E-state index contributed by atoms with van der Waals surface area (Å²) in [5.41, 5.74) is 1.91. The number of benzene rings is 1. The van der Waals surface area contributed by atoms with E-state index in [-0.39, 0.29) is 12.3 Å². The van der Waals surface area contributed by atoms with E-state index in [9.17, 15) is 9.59 Å². The van der Waals surface area contributed by atoms with Crippen LogP contribution in [-0.2, 0) is 16.0 Å². The first-order valence-electron chi connectivity index (χ1n) is 5.38. The third-order valence-electron chi connectivity index (χ3n) is 2.29. The molecule has 0 radical (unpaired) electrons. The van der Waals surface area contributed by atoms with E-state index in [2.05, 4.69) is 9.73 Å². The normalized spacial score (nSPS) is 15.0. The first-order chi connectivity index (χ1) is 8.60. The number of fused-ring (bicyclic) bond motifs is 1. The van der Waals surface area contributed by atoms with E-state index in [1.165, 1.54) is 0 Å². The lowest BCUT2D eigenvalue weighted by Crippen LogP contribution is -2.11. The molecule has 1 aliphatic rings. The van der Waals surface area contributed by atoms with Crippen LogP contribution in [0.3, 0.4) is 0 Å². The highest BCUT2D eigenvalue weighted by Crippen LogP contribution is 2.19. The second-order valence-electron chi connectivity index (χ2n) is 3.73.